The van der Waals surface area contributed by atoms with E-state index in [-0.39, 0.29) is 5.91 Å². The van der Waals surface area contributed by atoms with E-state index in [1.165, 1.54) is 9.75 Å². The van der Waals surface area contributed by atoms with Crippen LogP contribution in [-0.4, -0.2) is 17.1 Å². The summed E-state index contributed by atoms with van der Waals surface area (Å²) in [5.74, 6) is 0.00680. The van der Waals surface area contributed by atoms with Gasteiger partial charge in [0.1, 0.15) is 0 Å². The van der Waals surface area contributed by atoms with Crippen molar-refractivity contribution in [3.63, 3.8) is 0 Å². The number of hydrogen-bond acceptors (Lipinski definition) is 3. The highest BCUT2D eigenvalue weighted by atomic mass is 32.1. The zero-order chi connectivity index (χ0) is 12.0. The molecule has 1 rings (SSSR count). The summed E-state index contributed by atoms with van der Waals surface area (Å²) in [4.78, 5) is 13.9. The van der Waals surface area contributed by atoms with Crippen molar-refractivity contribution in [1.29, 1.82) is 0 Å². The maximum absolute atomic E-state index is 11.4. The highest BCUT2D eigenvalue weighted by molar-refractivity contribution is 7.11. The van der Waals surface area contributed by atoms with Crippen LogP contribution in [0.25, 0.3) is 0 Å². The highest BCUT2D eigenvalue weighted by Crippen LogP contribution is 2.16. The average Bonchev–Trinajstić information content (AvgIpc) is 2.71. The van der Waals surface area contributed by atoms with Crippen molar-refractivity contribution in [3.05, 3.63) is 21.9 Å². The van der Waals surface area contributed by atoms with E-state index in [1.807, 2.05) is 0 Å². The molecule has 1 unspecified atom stereocenters. The second kappa shape index (κ2) is 6.66. The molecule has 0 radical (unpaired) electrons. The number of carbonyl (C=O) groups is 1. The Morgan fingerprint density at radius 2 is 2.19 bits per heavy atom. The van der Waals surface area contributed by atoms with E-state index >= 15 is 0 Å². The summed E-state index contributed by atoms with van der Waals surface area (Å²) in [6.07, 6.45) is 1.56. The molecular weight excluding hydrogens is 222 g/mol. The Balaban J connectivity index is 2.26. The largest absolute Gasteiger partial charge is 0.393 e. The second-order valence-electron chi connectivity index (χ2n) is 3.89. The van der Waals surface area contributed by atoms with Gasteiger partial charge in [-0.3, -0.25) is 4.79 Å². The van der Waals surface area contributed by atoms with Gasteiger partial charge in [0.15, 0.2) is 0 Å². The lowest BCUT2D eigenvalue weighted by molar-refractivity contribution is -0.121. The first-order valence-electron chi connectivity index (χ1n) is 5.64. The average molecular weight is 241 g/mol. The maximum atomic E-state index is 11.4. The maximum Gasteiger partial charge on any atom is 0.220 e. The lowest BCUT2D eigenvalue weighted by atomic mass is 10.2. The van der Waals surface area contributed by atoms with Gasteiger partial charge in [-0.2, -0.15) is 0 Å². The minimum Gasteiger partial charge on any atom is -0.393 e. The van der Waals surface area contributed by atoms with Gasteiger partial charge in [0.25, 0.3) is 0 Å². The van der Waals surface area contributed by atoms with Crippen LogP contribution in [0.2, 0.25) is 0 Å². The van der Waals surface area contributed by atoms with Crippen LogP contribution in [0, 0.1) is 0 Å². The Labute approximate surface area is 100 Å². The molecule has 0 aromatic carbocycles. The van der Waals surface area contributed by atoms with Crippen molar-refractivity contribution in [2.45, 2.75) is 45.8 Å². The molecule has 4 heteroatoms. The van der Waals surface area contributed by atoms with Crippen molar-refractivity contribution in [2.75, 3.05) is 0 Å². The smallest absolute Gasteiger partial charge is 0.220 e. The predicted octanol–water partition coefficient (Wildman–Crippen LogP) is 2.09. The van der Waals surface area contributed by atoms with Crippen LogP contribution >= 0.6 is 11.3 Å². The molecule has 2 N–H and O–H groups in total. The number of aryl methyl sites for hydroxylation is 1. The van der Waals surface area contributed by atoms with Crippen molar-refractivity contribution >= 4 is 17.2 Å². The Hall–Kier alpha value is -0.870. The van der Waals surface area contributed by atoms with Gasteiger partial charge in [0.2, 0.25) is 5.91 Å². The van der Waals surface area contributed by atoms with Crippen LogP contribution in [0.1, 0.15) is 36.4 Å². The van der Waals surface area contributed by atoms with Crippen molar-refractivity contribution < 1.29 is 9.90 Å². The molecule has 1 amide bonds. The third kappa shape index (κ3) is 4.77. The number of carbonyl (C=O) groups excluding carboxylic acids is 1. The normalized spacial score (nSPS) is 12.4. The fourth-order valence-corrected chi connectivity index (χ4v) is 2.22. The van der Waals surface area contributed by atoms with Gasteiger partial charge in [-0.25, -0.2) is 0 Å². The summed E-state index contributed by atoms with van der Waals surface area (Å²) < 4.78 is 0. The van der Waals surface area contributed by atoms with Crippen LogP contribution in [0.15, 0.2) is 12.1 Å². The number of amides is 1. The summed E-state index contributed by atoms with van der Waals surface area (Å²) in [5, 5.41) is 11.9. The van der Waals surface area contributed by atoms with Crippen LogP contribution in [-0.2, 0) is 17.8 Å². The molecule has 0 saturated carbocycles. The molecule has 0 saturated heterocycles. The van der Waals surface area contributed by atoms with Gasteiger partial charge in [-0.15, -0.1) is 11.3 Å². The molecule has 0 aliphatic carbocycles. The van der Waals surface area contributed by atoms with Gasteiger partial charge in [-0.1, -0.05) is 6.92 Å². The molecule has 0 fully saturated rings. The Morgan fingerprint density at radius 1 is 1.50 bits per heavy atom. The molecule has 1 atom stereocenters. The summed E-state index contributed by atoms with van der Waals surface area (Å²) >= 11 is 1.74. The fraction of sp³-hybridized carbons (Fsp3) is 0.583. The first kappa shape index (κ1) is 13.2. The lowest BCUT2D eigenvalue weighted by Crippen LogP contribution is -2.23. The molecule has 1 aromatic heterocycles. The SMILES string of the molecule is CCc1ccc(CNC(=O)CCC(C)O)s1. The number of rotatable bonds is 6. The number of aliphatic hydroxyl groups is 1. The van der Waals surface area contributed by atoms with E-state index in [9.17, 15) is 4.79 Å². The molecule has 0 spiro atoms. The standard InChI is InChI=1S/C12H19NO2S/c1-3-10-5-6-11(16-10)8-13-12(15)7-4-9(2)14/h5-6,9,14H,3-4,7-8H2,1-2H3,(H,13,15). The quantitative estimate of drug-likeness (QED) is 0.801. The minimum absolute atomic E-state index is 0.00680. The summed E-state index contributed by atoms with van der Waals surface area (Å²) in [7, 11) is 0. The van der Waals surface area contributed by atoms with Crippen molar-refractivity contribution in [3.8, 4) is 0 Å². The monoisotopic (exact) mass is 241 g/mol. The van der Waals surface area contributed by atoms with Gasteiger partial charge < -0.3 is 10.4 Å². The van der Waals surface area contributed by atoms with Crippen LogP contribution in [0.5, 0.6) is 0 Å². The Morgan fingerprint density at radius 3 is 2.75 bits per heavy atom. The Kier molecular flexibility index (Phi) is 5.49. The molecular formula is C12H19NO2S. The number of nitrogens with one attached hydrogen (secondary N) is 1. The van der Waals surface area contributed by atoms with Crippen LogP contribution in [0.4, 0.5) is 0 Å². The molecule has 0 bridgehead atoms. The molecule has 1 aromatic rings. The first-order valence-corrected chi connectivity index (χ1v) is 6.45. The molecule has 90 valence electrons. The van der Waals surface area contributed by atoms with Gasteiger partial charge in [0, 0.05) is 16.2 Å². The van der Waals surface area contributed by atoms with E-state index in [2.05, 4.69) is 24.4 Å². The van der Waals surface area contributed by atoms with E-state index in [0.717, 1.165) is 6.42 Å². The summed E-state index contributed by atoms with van der Waals surface area (Å²) in [6, 6.07) is 4.15. The number of aliphatic hydroxyl groups excluding tert-OH is 1. The van der Waals surface area contributed by atoms with Crippen molar-refractivity contribution in [2.24, 2.45) is 0 Å². The highest BCUT2D eigenvalue weighted by Gasteiger charge is 2.05. The predicted molar refractivity (Wildman–Crippen MR) is 66.5 cm³/mol. The first-order chi connectivity index (χ1) is 7.61. The third-order valence-corrected chi connectivity index (χ3v) is 3.54. The Bertz CT molecular complexity index is 334. The molecule has 0 aliphatic heterocycles. The lowest BCUT2D eigenvalue weighted by Gasteiger charge is -2.05. The third-order valence-electron chi connectivity index (χ3n) is 2.31. The van der Waals surface area contributed by atoms with Crippen LogP contribution < -0.4 is 5.32 Å². The summed E-state index contributed by atoms with van der Waals surface area (Å²) in [5.41, 5.74) is 0. The zero-order valence-electron chi connectivity index (χ0n) is 9.82. The molecule has 0 aliphatic rings. The number of hydrogen-bond donors (Lipinski definition) is 2. The van der Waals surface area contributed by atoms with Crippen molar-refractivity contribution in [1.82, 2.24) is 5.32 Å². The number of thiophene rings is 1. The van der Waals surface area contributed by atoms with E-state index in [4.69, 9.17) is 5.11 Å². The molecule has 3 nitrogen and oxygen atoms in total. The van der Waals surface area contributed by atoms with Crippen LogP contribution in [0.3, 0.4) is 0 Å². The summed E-state index contributed by atoms with van der Waals surface area (Å²) in [6.45, 7) is 4.42. The second-order valence-corrected chi connectivity index (χ2v) is 5.14. The van der Waals surface area contributed by atoms with E-state index in [0.29, 0.717) is 19.4 Å². The van der Waals surface area contributed by atoms with Gasteiger partial charge in [0.05, 0.1) is 12.6 Å². The van der Waals surface area contributed by atoms with Gasteiger partial charge in [-0.05, 0) is 31.9 Å². The zero-order valence-corrected chi connectivity index (χ0v) is 10.6. The van der Waals surface area contributed by atoms with E-state index < -0.39 is 6.10 Å². The topological polar surface area (TPSA) is 49.3 Å². The fourth-order valence-electron chi connectivity index (χ4n) is 1.32. The molecule has 16 heavy (non-hydrogen) atoms. The molecule has 1 heterocycles. The van der Waals surface area contributed by atoms with Gasteiger partial charge >= 0.3 is 0 Å². The van der Waals surface area contributed by atoms with E-state index in [1.54, 1.807) is 18.3 Å². The minimum atomic E-state index is -0.404.